The monoisotopic (exact) mass is 1050 g/mol. The van der Waals surface area contributed by atoms with Gasteiger partial charge in [-0.15, -0.1) is 0 Å². The molecule has 0 nitrogen and oxygen atoms in total. The minimum absolute atomic E-state index is 0.0812. The molecule has 12 aromatic carbocycles. The summed E-state index contributed by atoms with van der Waals surface area (Å²) in [5, 5.41) is 20.9. The standard InChI is InChI=1S/C76H64B2Si2/c1-41-31-45(5)73(46(6)32-41)79(74-47(7)33-42(2)34-48(74)8)63-23-15-13-21-59(63)77-61-39-53-28-30-56-58-20-18-26-66-72(58)78(62-40-54-27-29-55(57-19-17-25-65(79)71(57)77)69(61)67(54)68(53)70(56)62)60-22-14-16-24-64(60)80(66,75-49(9)35-43(3)36-50(75)10)76-51(11)37-44(4)38-52(76)12/h13-40H,1-12H3. The molecule has 4 aliphatic heterocycles. The number of aryl methyl sites for hydroxylation is 12. The molecule has 12 aromatic rings. The molecule has 0 amide bonds. The molecule has 0 spiro atoms. The van der Waals surface area contributed by atoms with E-state index in [1.165, 1.54) is 154 Å². The summed E-state index contributed by atoms with van der Waals surface area (Å²) in [4.78, 5) is 0. The van der Waals surface area contributed by atoms with Crippen molar-refractivity contribution in [2.45, 2.75) is 83.1 Å². The molecule has 0 N–H and O–H groups in total. The van der Waals surface area contributed by atoms with Gasteiger partial charge < -0.3 is 0 Å². The number of rotatable bonds is 4. The molecular weight excluding hydrogens is 991 g/mol. The first-order valence-corrected chi connectivity index (χ1v) is 33.2. The minimum atomic E-state index is -2.99. The van der Waals surface area contributed by atoms with E-state index in [4.69, 9.17) is 0 Å². The molecule has 4 heteroatoms. The Balaban J connectivity index is 1.02. The van der Waals surface area contributed by atoms with Gasteiger partial charge in [-0.3, -0.25) is 0 Å². The van der Waals surface area contributed by atoms with E-state index >= 15 is 0 Å². The third-order valence-electron chi connectivity index (χ3n) is 20.3. The van der Waals surface area contributed by atoms with Gasteiger partial charge in [-0.1, -0.05) is 269 Å². The predicted molar refractivity (Wildman–Crippen MR) is 354 cm³/mol. The third kappa shape index (κ3) is 5.84. The Morgan fingerprint density at radius 2 is 0.550 bits per heavy atom. The van der Waals surface area contributed by atoms with E-state index in [1.807, 2.05) is 0 Å². The lowest BCUT2D eigenvalue weighted by Crippen LogP contribution is -2.88. The van der Waals surface area contributed by atoms with Crippen molar-refractivity contribution in [2.75, 3.05) is 0 Å². The van der Waals surface area contributed by atoms with E-state index in [9.17, 15) is 0 Å². The Bertz CT molecular complexity index is 4310. The number of fused-ring (bicyclic) bond motifs is 8. The highest BCUT2D eigenvalue weighted by atomic mass is 28.3. The fraction of sp³-hybridized carbons (Fsp3) is 0.158. The zero-order valence-electron chi connectivity index (χ0n) is 48.3. The van der Waals surface area contributed by atoms with Crippen molar-refractivity contribution in [1.82, 2.24) is 0 Å². The number of hydrogen-bond acceptors (Lipinski definition) is 0. The van der Waals surface area contributed by atoms with Crippen molar-refractivity contribution >= 4 is 136 Å². The molecule has 0 bridgehead atoms. The summed E-state index contributed by atoms with van der Waals surface area (Å²) in [6, 6.07) is 69.6. The fourth-order valence-corrected chi connectivity index (χ4v) is 31.3. The highest BCUT2D eigenvalue weighted by molar-refractivity contribution is 7.28. The number of hydrogen-bond donors (Lipinski definition) is 0. The third-order valence-corrected chi connectivity index (χ3v) is 31.5. The average Bonchev–Trinajstić information content (AvgIpc) is 1.06. The highest BCUT2D eigenvalue weighted by Gasteiger charge is 2.56. The zero-order valence-corrected chi connectivity index (χ0v) is 50.3. The Labute approximate surface area is 475 Å². The molecular formula is C76H64B2Si2. The van der Waals surface area contributed by atoms with E-state index in [0.717, 1.165) is 0 Å². The van der Waals surface area contributed by atoms with E-state index in [1.54, 1.807) is 41.5 Å². The molecule has 0 fully saturated rings. The summed E-state index contributed by atoms with van der Waals surface area (Å²) in [5.41, 5.74) is 31.1. The average molecular weight is 1060 g/mol. The lowest BCUT2D eigenvalue weighted by atomic mass is 9.32. The van der Waals surface area contributed by atoms with Gasteiger partial charge in [-0.05, 0) is 179 Å². The van der Waals surface area contributed by atoms with Crippen molar-refractivity contribution in [3.05, 3.63) is 237 Å². The summed E-state index contributed by atoms with van der Waals surface area (Å²) in [6.07, 6.45) is 0. The van der Waals surface area contributed by atoms with Crippen LogP contribution in [0.15, 0.2) is 170 Å². The summed E-state index contributed by atoms with van der Waals surface area (Å²) in [6.45, 7) is 28.5. The molecule has 382 valence electrons. The van der Waals surface area contributed by atoms with Gasteiger partial charge >= 0.3 is 0 Å². The van der Waals surface area contributed by atoms with Crippen LogP contribution in [-0.2, 0) is 0 Å². The van der Waals surface area contributed by atoms with Gasteiger partial charge in [0.25, 0.3) is 0 Å². The van der Waals surface area contributed by atoms with E-state index in [2.05, 4.69) is 253 Å². The highest BCUT2D eigenvalue weighted by Crippen LogP contribution is 2.44. The van der Waals surface area contributed by atoms with Gasteiger partial charge in [0, 0.05) is 0 Å². The van der Waals surface area contributed by atoms with Gasteiger partial charge in [0.2, 0.25) is 13.4 Å². The van der Waals surface area contributed by atoms with Crippen LogP contribution in [0.1, 0.15) is 66.8 Å². The molecule has 0 unspecified atom stereocenters. The van der Waals surface area contributed by atoms with Crippen LogP contribution in [0.5, 0.6) is 0 Å². The van der Waals surface area contributed by atoms with Crippen LogP contribution in [0.25, 0.3) is 54.6 Å². The van der Waals surface area contributed by atoms with Crippen LogP contribution in [0.4, 0.5) is 0 Å². The van der Waals surface area contributed by atoms with Crippen LogP contribution >= 0.6 is 0 Å². The maximum absolute atomic E-state index is 2.99. The lowest BCUT2D eigenvalue weighted by molar-refractivity contribution is 1.33. The van der Waals surface area contributed by atoms with Gasteiger partial charge in [0.05, 0.1) is 0 Å². The van der Waals surface area contributed by atoms with Crippen molar-refractivity contribution in [3.8, 4) is 22.3 Å². The molecule has 4 heterocycles. The van der Waals surface area contributed by atoms with Gasteiger partial charge in [0.15, 0.2) is 16.1 Å². The van der Waals surface area contributed by atoms with Crippen molar-refractivity contribution in [2.24, 2.45) is 0 Å². The topological polar surface area (TPSA) is 0 Å². The quantitative estimate of drug-likeness (QED) is 0.122. The molecule has 0 saturated carbocycles. The summed E-state index contributed by atoms with van der Waals surface area (Å²) in [7, 11) is -5.98. The molecule has 16 rings (SSSR count). The lowest BCUT2D eigenvalue weighted by Gasteiger charge is -2.48. The first-order valence-electron chi connectivity index (χ1n) is 29.2. The van der Waals surface area contributed by atoms with Crippen LogP contribution in [0.2, 0.25) is 0 Å². The molecule has 80 heavy (non-hydrogen) atoms. The van der Waals surface area contributed by atoms with Gasteiger partial charge in [-0.2, -0.15) is 0 Å². The fourth-order valence-electron chi connectivity index (χ4n) is 18.7. The Morgan fingerprint density at radius 1 is 0.250 bits per heavy atom. The second kappa shape index (κ2) is 16.4. The predicted octanol–water partition coefficient (Wildman–Crippen LogP) is 8.66. The summed E-state index contributed by atoms with van der Waals surface area (Å²) in [5.74, 6) is 0. The maximum Gasteiger partial charge on any atom is 0.242 e. The number of benzene rings is 12. The molecule has 0 atom stereocenters. The van der Waals surface area contributed by atoms with Crippen molar-refractivity contribution in [3.63, 3.8) is 0 Å². The van der Waals surface area contributed by atoms with Crippen LogP contribution in [0.3, 0.4) is 0 Å². The zero-order chi connectivity index (χ0) is 54.7. The van der Waals surface area contributed by atoms with Crippen molar-refractivity contribution in [1.29, 1.82) is 0 Å². The Morgan fingerprint density at radius 3 is 0.875 bits per heavy atom. The summed E-state index contributed by atoms with van der Waals surface area (Å²) >= 11 is 0. The van der Waals surface area contributed by atoms with Crippen LogP contribution in [0, 0.1) is 83.1 Å². The second-order valence-electron chi connectivity index (χ2n) is 25.3. The largest absolute Gasteiger partial charge is 0.242 e. The first-order chi connectivity index (χ1) is 38.6. The first kappa shape index (κ1) is 48.2. The summed E-state index contributed by atoms with van der Waals surface area (Å²) < 4.78 is 0. The van der Waals surface area contributed by atoms with E-state index < -0.39 is 16.1 Å². The second-order valence-corrected chi connectivity index (χ2v) is 32.4. The van der Waals surface area contributed by atoms with Gasteiger partial charge in [-0.25, -0.2) is 0 Å². The van der Waals surface area contributed by atoms with E-state index in [-0.39, 0.29) is 13.4 Å². The maximum atomic E-state index is 2.67. The molecule has 0 radical (unpaired) electrons. The van der Waals surface area contributed by atoms with Crippen molar-refractivity contribution < 1.29 is 0 Å². The molecule has 0 aromatic heterocycles. The Kier molecular flexibility index (Phi) is 9.90. The minimum Gasteiger partial charge on any atom is -0.0682 e. The van der Waals surface area contributed by atoms with E-state index in [0.29, 0.717) is 0 Å². The Hall–Kier alpha value is -7.76. The SMILES string of the molecule is Cc1cc(C)c([Si]2(c3c(C)cc(C)cc3C)c3ccccc3B3c4c(cccc42)-c2ccc4cc5c6c(ccc7cc3c2c4c76)-c2cccc3c2B5c2ccccc2[Si]3(c2c(C)cc(C)cc2C)c2c(C)cc(C)cc2C)c(C)c1. The molecule has 4 aliphatic rings. The smallest absolute Gasteiger partial charge is 0.0682 e. The molecule has 0 aliphatic carbocycles. The van der Waals surface area contributed by atoms with Crippen LogP contribution in [-0.4, -0.2) is 29.6 Å². The van der Waals surface area contributed by atoms with Crippen LogP contribution < -0.4 is 74.3 Å². The van der Waals surface area contributed by atoms with Gasteiger partial charge in [0.1, 0.15) is 0 Å². The normalized spacial score (nSPS) is 14.7. The molecule has 0 saturated heterocycles.